The Balaban J connectivity index is 1.62. The van der Waals surface area contributed by atoms with Crippen LogP contribution in [0.3, 0.4) is 0 Å². The van der Waals surface area contributed by atoms with E-state index < -0.39 is 0 Å². The van der Waals surface area contributed by atoms with Crippen LogP contribution >= 0.6 is 11.6 Å². The molecule has 29 heavy (non-hydrogen) atoms. The number of phenolic OH excluding ortho intramolecular Hbond substituents is 1. The third kappa shape index (κ3) is 2.93. The maximum absolute atomic E-state index is 13.5. The number of benzene rings is 3. The number of carbonyl (C=O) groups excluding carboxylic acids is 1. The van der Waals surface area contributed by atoms with E-state index >= 15 is 0 Å². The molecule has 0 spiro atoms. The predicted molar refractivity (Wildman–Crippen MR) is 118 cm³/mol. The summed E-state index contributed by atoms with van der Waals surface area (Å²) < 4.78 is 7.26. The molecule has 0 unspecified atom stereocenters. The molecule has 0 fully saturated rings. The van der Waals surface area contributed by atoms with Gasteiger partial charge in [0.2, 0.25) is 0 Å². The van der Waals surface area contributed by atoms with E-state index in [1.165, 1.54) is 0 Å². The molecule has 6 heteroatoms. The molecule has 3 aromatic carbocycles. The molecule has 2 heterocycles. The van der Waals surface area contributed by atoms with E-state index in [2.05, 4.69) is 0 Å². The first-order valence-corrected chi connectivity index (χ1v) is 11.6. The van der Waals surface area contributed by atoms with Crippen LogP contribution in [0.15, 0.2) is 54.6 Å². The van der Waals surface area contributed by atoms with Crippen molar-refractivity contribution in [3.63, 3.8) is 0 Å². The number of anilines is 1. The fraction of sp³-hybridized carbons (Fsp3) is 0.174. The molecule has 1 atom stereocenters. The molecule has 0 saturated carbocycles. The quantitative estimate of drug-likeness (QED) is 0.347. The van der Waals surface area contributed by atoms with Gasteiger partial charge in [-0.1, -0.05) is 0 Å². The number of ether oxygens (including phenoxy) is 1. The molecular formula is C23H18ClNO3Se. The second-order valence-electron chi connectivity index (χ2n) is 7.16. The topological polar surface area (TPSA) is 49.8 Å². The van der Waals surface area contributed by atoms with Crippen molar-refractivity contribution in [2.24, 2.45) is 0 Å². The number of hydrogen-bond acceptors (Lipinski definition) is 3. The number of rotatable bonds is 3. The van der Waals surface area contributed by atoms with Gasteiger partial charge in [-0.15, -0.1) is 0 Å². The summed E-state index contributed by atoms with van der Waals surface area (Å²) in [5, 5.41) is 13.4. The summed E-state index contributed by atoms with van der Waals surface area (Å²) in [4.78, 5) is 15.2. The van der Waals surface area contributed by atoms with Gasteiger partial charge >= 0.3 is 179 Å². The summed E-state index contributed by atoms with van der Waals surface area (Å²) in [6.07, 6.45) is 0. The number of fused-ring (bicyclic) bond motifs is 4. The SMILES string of the molecule is COc1ccc2cc(C(=O)N3C[C@@H](CCl)c4c3cc(O)c3ccccc43)[se]c2c1. The zero-order valence-corrected chi connectivity index (χ0v) is 18.2. The number of carbonyl (C=O) groups is 1. The van der Waals surface area contributed by atoms with E-state index in [0.717, 1.165) is 41.9 Å². The van der Waals surface area contributed by atoms with E-state index in [1.807, 2.05) is 48.5 Å². The molecule has 0 bridgehead atoms. The van der Waals surface area contributed by atoms with Crippen molar-refractivity contribution in [3.05, 3.63) is 64.6 Å². The number of hydrogen-bond donors (Lipinski definition) is 1. The molecular weight excluding hydrogens is 453 g/mol. The number of aromatic hydroxyl groups is 1. The number of nitrogens with zero attached hydrogens (tertiary/aromatic N) is 1. The maximum atomic E-state index is 13.5. The van der Waals surface area contributed by atoms with Crippen molar-refractivity contribution in [2.75, 3.05) is 24.4 Å². The molecule has 0 saturated heterocycles. The average Bonchev–Trinajstić information content (AvgIpc) is 3.34. The summed E-state index contributed by atoms with van der Waals surface area (Å²) >= 11 is 6.20. The van der Waals surface area contributed by atoms with Crippen molar-refractivity contribution in [2.45, 2.75) is 5.92 Å². The van der Waals surface area contributed by atoms with Crippen molar-refractivity contribution in [1.82, 2.24) is 0 Å². The van der Waals surface area contributed by atoms with E-state index in [4.69, 9.17) is 16.3 Å². The predicted octanol–water partition coefficient (Wildman–Crippen LogP) is 4.75. The summed E-state index contributed by atoms with van der Waals surface area (Å²) in [5.41, 5.74) is 1.81. The second-order valence-corrected chi connectivity index (χ2v) is 9.74. The Hall–Kier alpha value is -2.46. The Kier molecular flexibility index (Phi) is 4.54. The van der Waals surface area contributed by atoms with Crippen LogP contribution in [0.2, 0.25) is 0 Å². The van der Waals surface area contributed by atoms with Crippen molar-refractivity contribution >= 4 is 58.1 Å². The van der Waals surface area contributed by atoms with Crippen molar-refractivity contribution in [3.8, 4) is 11.5 Å². The first-order chi connectivity index (χ1) is 14.1. The first-order valence-electron chi connectivity index (χ1n) is 9.30. The van der Waals surface area contributed by atoms with Crippen LogP contribution in [-0.2, 0) is 0 Å². The Labute approximate surface area is 179 Å². The van der Waals surface area contributed by atoms with Crippen LogP contribution in [0.5, 0.6) is 11.5 Å². The van der Waals surface area contributed by atoms with E-state index in [0.29, 0.717) is 12.4 Å². The van der Waals surface area contributed by atoms with Crippen LogP contribution in [0, 0.1) is 0 Å². The number of methoxy groups -OCH3 is 1. The number of phenols is 1. The number of alkyl halides is 1. The third-order valence-electron chi connectivity index (χ3n) is 5.51. The standard InChI is InChI=1S/C23H18ClNO3Se/c1-28-15-7-6-13-8-21(29-20(13)9-15)23(27)25-12-14(11-24)22-17-5-3-2-4-16(17)19(26)10-18(22)25/h2-10,14,26H,11-12H2,1H3/t14-/m1/s1. The summed E-state index contributed by atoms with van der Waals surface area (Å²) in [6, 6.07) is 17.3. The van der Waals surface area contributed by atoms with Gasteiger partial charge in [-0.3, -0.25) is 0 Å². The van der Waals surface area contributed by atoms with Crippen LogP contribution < -0.4 is 9.64 Å². The first kappa shape index (κ1) is 18.6. The van der Waals surface area contributed by atoms with Crippen LogP contribution in [0.4, 0.5) is 5.69 Å². The molecule has 4 nitrogen and oxygen atoms in total. The molecule has 1 aliphatic rings. The minimum absolute atomic E-state index is 0.0104. The van der Waals surface area contributed by atoms with E-state index in [1.54, 1.807) is 18.1 Å². The molecule has 1 aliphatic heterocycles. The number of halogens is 1. The second kappa shape index (κ2) is 7.10. The van der Waals surface area contributed by atoms with E-state index in [9.17, 15) is 9.90 Å². The van der Waals surface area contributed by atoms with Crippen molar-refractivity contribution < 1.29 is 14.6 Å². The van der Waals surface area contributed by atoms with Crippen LogP contribution in [0.25, 0.3) is 20.4 Å². The fourth-order valence-corrected chi connectivity index (χ4v) is 6.56. The van der Waals surface area contributed by atoms with Crippen LogP contribution in [-0.4, -0.2) is 45.1 Å². The van der Waals surface area contributed by atoms with Gasteiger partial charge < -0.3 is 0 Å². The van der Waals surface area contributed by atoms with Crippen LogP contribution in [0.1, 0.15) is 20.7 Å². The van der Waals surface area contributed by atoms with Gasteiger partial charge in [-0.2, -0.15) is 0 Å². The zero-order valence-electron chi connectivity index (χ0n) is 15.7. The van der Waals surface area contributed by atoms with Gasteiger partial charge in [-0.25, -0.2) is 0 Å². The molecule has 146 valence electrons. The zero-order chi connectivity index (χ0) is 20.1. The Morgan fingerprint density at radius 3 is 2.76 bits per heavy atom. The Morgan fingerprint density at radius 2 is 2.00 bits per heavy atom. The third-order valence-corrected chi connectivity index (χ3v) is 8.16. The summed E-state index contributed by atoms with van der Waals surface area (Å²) in [7, 11) is 1.65. The average molecular weight is 471 g/mol. The Bertz CT molecular complexity index is 1270. The molecule has 1 amide bonds. The van der Waals surface area contributed by atoms with Gasteiger partial charge in [0.25, 0.3) is 0 Å². The molecule has 4 aromatic rings. The van der Waals surface area contributed by atoms with Gasteiger partial charge in [0.15, 0.2) is 0 Å². The summed E-state index contributed by atoms with van der Waals surface area (Å²) in [5.74, 6) is 1.44. The molecule has 5 rings (SSSR count). The Morgan fingerprint density at radius 1 is 1.21 bits per heavy atom. The molecule has 0 radical (unpaired) electrons. The minimum atomic E-state index is -0.0843. The summed E-state index contributed by atoms with van der Waals surface area (Å²) in [6.45, 7) is 0.526. The molecule has 1 N–H and O–H groups in total. The van der Waals surface area contributed by atoms with Crippen molar-refractivity contribution in [1.29, 1.82) is 0 Å². The van der Waals surface area contributed by atoms with Gasteiger partial charge in [0, 0.05) is 0 Å². The molecule has 0 aliphatic carbocycles. The van der Waals surface area contributed by atoms with Gasteiger partial charge in [0.1, 0.15) is 0 Å². The van der Waals surface area contributed by atoms with Gasteiger partial charge in [-0.05, 0) is 0 Å². The normalized spacial score (nSPS) is 15.8. The fourth-order valence-electron chi connectivity index (χ4n) is 4.12. The van der Waals surface area contributed by atoms with E-state index in [-0.39, 0.29) is 32.1 Å². The molecule has 1 aromatic heterocycles. The monoisotopic (exact) mass is 471 g/mol. The number of amides is 1. The van der Waals surface area contributed by atoms with Gasteiger partial charge in [0.05, 0.1) is 0 Å².